The maximum absolute atomic E-state index is 13.8. The number of nitrogens with two attached hydrogens (primary N) is 1. The summed E-state index contributed by atoms with van der Waals surface area (Å²) in [4.78, 5) is 18.6. The molecule has 0 bridgehead atoms. The third-order valence-corrected chi connectivity index (χ3v) is 8.16. The molecule has 0 saturated carbocycles. The van der Waals surface area contributed by atoms with Crippen LogP contribution in [0.4, 0.5) is 0 Å². The molecule has 0 unspecified atom stereocenters. The Balaban J connectivity index is 1.80. The predicted molar refractivity (Wildman–Crippen MR) is 145 cm³/mol. The summed E-state index contributed by atoms with van der Waals surface area (Å²) in [5.74, 6) is 1.27. The lowest BCUT2D eigenvalue weighted by Crippen LogP contribution is -2.12. The van der Waals surface area contributed by atoms with Gasteiger partial charge >= 0.3 is 0 Å². The number of aryl methyl sites for hydroxylation is 1. The Morgan fingerprint density at radius 1 is 1.00 bits per heavy atom. The molecule has 0 aliphatic carbocycles. The first-order valence-electron chi connectivity index (χ1n) is 11.8. The predicted octanol–water partition coefficient (Wildman–Crippen LogP) is 5.22. The van der Waals surface area contributed by atoms with Crippen LogP contribution in [-0.4, -0.2) is 38.0 Å². The molecule has 0 amide bonds. The van der Waals surface area contributed by atoms with Gasteiger partial charge in [-0.15, -0.1) is 0 Å². The Morgan fingerprint density at radius 2 is 1.62 bits per heavy atom. The molecule has 10 heteroatoms. The van der Waals surface area contributed by atoms with Gasteiger partial charge in [-0.2, -0.15) is 0 Å². The maximum Gasteiger partial charge on any atom is 0.238 e. The molecule has 0 fully saturated rings. The topological polar surface area (TPSA) is 114 Å². The van der Waals surface area contributed by atoms with E-state index >= 15 is 0 Å². The van der Waals surface area contributed by atoms with Crippen LogP contribution in [0.5, 0.6) is 11.5 Å². The molecule has 37 heavy (non-hydrogen) atoms. The summed E-state index contributed by atoms with van der Waals surface area (Å²) in [7, 11) is -0.704. The normalized spacial score (nSPS) is 12.4. The van der Waals surface area contributed by atoms with Gasteiger partial charge in [-0.25, -0.2) is 18.5 Å². The van der Waals surface area contributed by atoms with Crippen LogP contribution in [0.2, 0.25) is 0 Å². The number of thioether (sulfide) groups is 1. The number of imidazole rings is 1. The largest absolute Gasteiger partial charge is 0.497 e. The van der Waals surface area contributed by atoms with Crippen LogP contribution in [-0.2, 0) is 16.6 Å². The fourth-order valence-electron chi connectivity index (χ4n) is 3.95. The van der Waals surface area contributed by atoms with Gasteiger partial charge in [0, 0.05) is 12.1 Å². The van der Waals surface area contributed by atoms with E-state index in [0.717, 1.165) is 23.9 Å². The summed E-state index contributed by atoms with van der Waals surface area (Å²) in [6, 6.07) is 19.1. The maximum atomic E-state index is 13.8. The molecule has 0 spiro atoms. The van der Waals surface area contributed by atoms with Gasteiger partial charge in [0.1, 0.15) is 16.7 Å². The fraction of sp³-hybridized carbons (Fsp3) is 0.259. The Bertz CT molecular complexity index is 1500. The molecule has 0 radical (unpaired) electrons. The highest BCUT2D eigenvalue weighted by Gasteiger charge is 2.27. The van der Waals surface area contributed by atoms with Crippen molar-refractivity contribution in [2.45, 2.75) is 41.6 Å². The first-order valence-corrected chi connectivity index (χ1v) is 14.2. The number of nitrogens with zero attached hydrogens (tertiary/aromatic N) is 2. The Kier molecular flexibility index (Phi) is 8.21. The number of fused-ring (bicyclic) bond motifs is 1. The smallest absolute Gasteiger partial charge is 0.238 e. The number of ketones is 1. The lowest BCUT2D eigenvalue weighted by Gasteiger charge is -2.17. The third kappa shape index (κ3) is 5.98. The average Bonchev–Trinajstić information content (AvgIpc) is 3.26. The molecule has 194 valence electrons. The number of unbranched alkanes of at least 4 members (excludes halogenated alkanes) is 1. The number of carbonyl (C=O) groups is 1. The molecule has 2 N–H and O–H groups in total. The summed E-state index contributed by atoms with van der Waals surface area (Å²) in [6.07, 6.45) is 1.86. The van der Waals surface area contributed by atoms with Crippen molar-refractivity contribution in [2.75, 3.05) is 14.2 Å². The second-order valence-electron chi connectivity index (χ2n) is 8.46. The van der Waals surface area contributed by atoms with Gasteiger partial charge in [0.25, 0.3) is 0 Å². The van der Waals surface area contributed by atoms with Crippen LogP contribution in [0.15, 0.2) is 76.8 Å². The van der Waals surface area contributed by atoms with Crippen LogP contribution >= 0.6 is 11.8 Å². The van der Waals surface area contributed by atoms with Gasteiger partial charge < -0.3 is 14.0 Å². The molecule has 1 atom stereocenters. The number of sulfonamides is 1. The van der Waals surface area contributed by atoms with E-state index in [0.29, 0.717) is 34.3 Å². The first kappa shape index (κ1) is 26.7. The van der Waals surface area contributed by atoms with Crippen molar-refractivity contribution in [3.05, 3.63) is 77.9 Å². The van der Waals surface area contributed by atoms with E-state index in [4.69, 9.17) is 19.6 Å². The van der Waals surface area contributed by atoms with Crippen molar-refractivity contribution in [2.24, 2.45) is 5.14 Å². The lowest BCUT2D eigenvalue weighted by atomic mass is 10.0. The summed E-state index contributed by atoms with van der Waals surface area (Å²) in [5, 5.41) is 5.37. The minimum absolute atomic E-state index is 0.00212. The van der Waals surface area contributed by atoms with E-state index in [1.165, 1.54) is 23.9 Å². The van der Waals surface area contributed by atoms with Crippen LogP contribution in [0.3, 0.4) is 0 Å². The van der Waals surface area contributed by atoms with Crippen LogP contribution < -0.4 is 14.6 Å². The highest BCUT2D eigenvalue weighted by Crippen LogP contribution is 2.40. The zero-order valence-electron chi connectivity index (χ0n) is 20.9. The average molecular weight is 540 g/mol. The quantitative estimate of drug-likeness (QED) is 0.205. The van der Waals surface area contributed by atoms with Crippen molar-refractivity contribution < 1.29 is 22.7 Å². The van der Waals surface area contributed by atoms with E-state index in [9.17, 15) is 13.2 Å². The zero-order chi connectivity index (χ0) is 26.6. The molecule has 4 aromatic rings. The van der Waals surface area contributed by atoms with E-state index in [-0.39, 0.29) is 10.7 Å². The number of methoxy groups -OCH3 is 2. The number of carbonyl (C=O) groups excluding carboxylic acids is 1. The van der Waals surface area contributed by atoms with Crippen LogP contribution in [0.1, 0.15) is 40.9 Å². The molecule has 1 aromatic heterocycles. The van der Waals surface area contributed by atoms with Crippen molar-refractivity contribution in [1.82, 2.24) is 9.55 Å². The molecule has 3 aromatic carbocycles. The fourth-order valence-corrected chi connectivity index (χ4v) is 5.70. The second kappa shape index (κ2) is 11.4. The number of hydrogen-bond acceptors (Lipinski definition) is 7. The van der Waals surface area contributed by atoms with Crippen LogP contribution in [0.25, 0.3) is 11.0 Å². The lowest BCUT2D eigenvalue weighted by molar-refractivity contribution is 0.0989. The molecule has 4 rings (SSSR count). The van der Waals surface area contributed by atoms with Gasteiger partial charge in [0.05, 0.1) is 30.1 Å². The van der Waals surface area contributed by atoms with Crippen molar-refractivity contribution >= 4 is 38.6 Å². The molecular formula is C27H29N3O5S2. The SMILES string of the molecule is CCCCn1c(S[C@@H](C(=O)c2ccc(OC)cc2)c2ccc(OC)cc2)nc2cc(S(N)(=O)=O)ccc21. The summed E-state index contributed by atoms with van der Waals surface area (Å²) in [5.41, 5.74) is 2.64. The number of hydrogen-bond donors (Lipinski definition) is 1. The minimum Gasteiger partial charge on any atom is -0.497 e. The standard InChI is InChI=1S/C27H29N3O5S2/c1-4-5-16-30-24-15-14-22(37(28,32)33)17-23(24)29-27(30)36-26(19-8-12-21(35-3)13-9-19)25(31)18-6-10-20(34-2)11-7-18/h6-15,17,26H,4-5,16H2,1-3H3,(H2,28,32,33)/t26-/m1/s1. The van der Waals surface area contributed by atoms with Gasteiger partial charge in [0.15, 0.2) is 10.9 Å². The number of ether oxygens (including phenoxy) is 2. The van der Waals surface area contributed by atoms with E-state index < -0.39 is 15.3 Å². The third-order valence-electron chi connectivity index (χ3n) is 6.00. The number of primary sulfonamides is 1. The molecule has 8 nitrogen and oxygen atoms in total. The van der Waals surface area contributed by atoms with Crippen molar-refractivity contribution in [1.29, 1.82) is 0 Å². The van der Waals surface area contributed by atoms with Crippen molar-refractivity contribution in [3.63, 3.8) is 0 Å². The second-order valence-corrected chi connectivity index (χ2v) is 11.1. The van der Waals surface area contributed by atoms with Crippen molar-refractivity contribution in [3.8, 4) is 11.5 Å². The van der Waals surface area contributed by atoms with Crippen LogP contribution in [0, 0.1) is 0 Å². The molecule has 0 saturated heterocycles. The van der Waals surface area contributed by atoms with E-state index in [1.807, 2.05) is 28.8 Å². The Hall–Kier alpha value is -3.34. The molecular weight excluding hydrogens is 510 g/mol. The van der Waals surface area contributed by atoms with Gasteiger partial charge in [0.2, 0.25) is 10.0 Å². The molecule has 1 heterocycles. The van der Waals surface area contributed by atoms with E-state index in [1.54, 1.807) is 44.6 Å². The Morgan fingerprint density at radius 3 is 2.19 bits per heavy atom. The first-order chi connectivity index (χ1) is 17.7. The molecule has 0 aliphatic heterocycles. The van der Waals surface area contributed by atoms with E-state index in [2.05, 4.69) is 6.92 Å². The Labute approximate surface area is 220 Å². The summed E-state index contributed by atoms with van der Waals surface area (Å²) < 4.78 is 36.4. The highest BCUT2D eigenvalue weighted by molar-refractivity contribution is 8.00. The number of benzene rings is 3. The monoisotopic (exact) mass is 539 g/mol. The zero-order valence-corrected chi connectivity index (χ0v) is 22.5. The van der Waals surface area contributed by atoms with Gasteiger partial charge in [-0.1, -0.05) is 37.2 Å². The summed E-state index contributed by atoms with van der Waals surface area (Å²) >= 11 is 1.33. The van der Waals surface area contributed by atoms with Gasteiger partial charge in [-0.3, -0.25) is 4.79 Å². The highest BCUT2D eigenvalue weighted by atomic mass is 32.2. The number of Topliss-reactive ketones (excluding diaryl/α,β-unsaturated/α-hetero) is 1. The van der Waals surface area contributed by atoms with Gasteiger partial charge in [-0.05, 0) is 66.6 Å². The number of aromatic nitrogens is 2. The minimum atomic E-state index is -3.88. The molecule has 0 aliphatic rings. The summed E-state index contributed by atoms with van der Waals surface area (Å²) in [6.45, 7) is 2.77. The number of rotatable bonds is 11.